The summed E-state index contributed by atoms with van der Waals surface area (Å²) in [6, 6.07) is 15.5. The lowest BCUT2D eigenvalue weighted by Gasteiger charge is -2.17. The van der Waals surface area contributed by atoms with E-state index >= 15 is 0 Å². The van der Waals surface area contributed by atoms with E-state index in [1.54, 1.807) is 47.4 Å². The van der Waals surface area contributed by atoms with E-state index in [0.29, 0.717) is 11.1 Å². The molecule has 1 aromatic heterocycles. The van der Waals surface area contributed by atoms with Gasteiger partial charge < -0.3 is 10.1 Å². The molecule has 2 aromatic carbocycles. The van der Waals surface area contributed by atoms with Crippen LogP contribution < -0.4 is 5.32 Å². The van der Waals surface area contributed by atoms with Crippen molar-refractivity contribution in [2.24, 2.45) is 0 Å². The zero-order chi connectivity index (χ0) is 19.9. The number of ether oxygens (including phenoxy) is 1. The van der Waals surface area contributed by atoms with Crippen molar-refractivity contribution in [1.29, 1.82) is 0 Å². The lowest BCUT2D eigenvalue weighted by Crippen LogP contribution is -2.34. The van der Waals surface area contributed by atoms with Crippen molar-refractivity contribution in [3.05, 3.63) is 81.8 Å². The molecule has 1 atom stereocenters. The quantitative estimate of drug-likeness (QED) is 0.460. The van der Waals surface area contributed by atoms with E-state index < -0.39 is 12.0 Å². The number of rotatable bonds is 7. The summed E-state index contributed by atoms with van der Waals surface area (Å²) in [5, 5.41) is 5.86. The number of esters is 1. The highest BCUT2D eigenvalue weighted by molar-refractivity contribution is 7.98. The second kappa shape index (κ2) is 9.52. The molecule has 1 amide bonds. The smallest absolute Gasteiger partial charge is 0.333 e. The first-order chi connectivity index (χ1) is 13.6. The predicted molar refractivity (Wildman–Crippen MR) is 112 cm³/mol. The third kappa shape index (κ3) is 5.21. The van der Waals surface area contributed by atoms with Crippen molar-refractivity contribution in [3.8, 4) is 0 Å². The van der Waals surface area contributed by atoms with Gasteiger partial charge in [0.1, 0.15) is 0 Å². The minimum atomic E-state index is -0.847. The van der Waals surface area contributed by atoms with Crippen LogP contribution in [0, 0.1) is 6.92 Å². The first-order valence-electron chi connectivity index (χ1n) is 8.64. The summed E-state index contributed by atoms with van der Waals surface area (Å²) < 4.78 is 4.84. The molecule has 3 aromatic rings. The molecule has 1 N–H and O–H groups in total. The standard InChI is InChI=1S/C21H20N2O3S2/c1-14-22-17(12-27-14)13-28-18-10-8-16(9-11-18)20(24)23-19(21(25)26-2)15-6-4-3-5-7-15/h3-12,19H,13H2,1-2H3,(H,23,24). The van der Waals surface area contributed by atoms with Gasteiger partial charge in [0.15, 0.2) is 6.04 Å². The average Bonchev–Trinajstić information content (AvgIpc) is 3.16. The first kappa shape index (κ1) is 20.1. The van der Waals surface area contributed by atoms with E-state index in [1.807, 2.05) is 37.3 Å². The van der Waals surface area contributed by atoms with E-state index in [1.165, 1.54) is 7.11 Å². The second-order valence-electron chi connectivity index (χ2n) is 6.01. The largest absolute Gasteiger partial charge is 0.467 e. The molecular weight excluding hydrogens is 392 g/mol. The Morgan fingerprint density at radius 2 is 1.86 bits per heavy atom. The van der Waals surface area contributed by atoms with Crippen LogP contribution in [0.2, 0.25) is 0 Å². The van der Waals surface area contributed by atoms with Gasteiger partial charge in [-0.15, -0.1) is 23.1 Å². The van der Waals surface area contributed by atoms with E-state index in [2.05, 4.69) is 15.7 Å². The molecule has 7 heteroatoms. The molecule has 0 saturated carbocycles. The fourth-order valence-corrected chi connectivity index (χ4v) is 4.10. The van der Waals surface area contributed by atoms with Gasteiger partial charge in [-0.2, -0.15) is 0 Å². The Hall–Kier alpha value is -2.64. The monoisotopic (exact) mass is 412 g/mol. The molecule has 0 bridgehead atoms. The number of aromatic nitrogens is 1. The Balaban J connectivity index is 1.65. The number of thioether (sulfide) groups is 1. The van der Waals surface area contributed by atoms with Crippen molar-refractivity contribution < 1.29 is 14.3 Å². The molecule has 0 aliphatic rings. The molecule has 0 fully saturated rings. The summed E-state index contributed by atoms with van der Waals surface area (Å²) in [5.74, 6) is -0.0508. The second-order valence-corrected chi connectivity index (χ2v) is 8.12. The van der Waals surface area contributed by atoms with Crippen LogP contribution in [0.1, 0.15) is 32.7 Å². The molecule has 0 spiro atoms. The molecule has 144 valence electrons. The number of hydrogen-bond donors (Lipinski definition) is 1. The minimum absolute atomic E-state index is 0.328. The van der Waals surface area contributed by atoms with Crippen LogP contribution in [0.3, 0.4) is 0 Å². The van der Waals surface area contributed by atoms with Crippen LogP contribution >= 0.6 is 23.1 Å². The molecule has 28 heavy (non-hydrogen) atoms. The Bertz CT molecular complexity index is 940. The number of carbonyl (C=O) groups is 2. The summed E-state index contributed by atoms with van der Waals surface area (Å²) >= 11 is 3.30. The van der Waals surface area contributed by atoms with Gasteiger partial charge in [0.2, 0.25) is 0 Å². The highest BCUT2D eigenvalue weighted by atomic mass is 32.2. The average molecular weight is 413 g/mol. The van der Waals surface area contributed by atoms with E-state index in [9.17, 15) is 9.59 Å². The van der Waals surface area contributed by atoms with Crippen molar-refractivity contribution in [2.45, 2.75) is 23.6 Å². The maximum atomic E-state index is 12.6. The van der Waals surface area contributed by atoms with Gasteiger partial charge >= 0.3 is 5.97 Å². The lowest BCUT2D eigenvalue weighted by atomic mass is 10.1. The van der Waals surface area contributed by atoms with E-state index in [4.69, 9.17) is 4.74 Å². The van der Waals surface area contributed by atoms with Gasteiger partial charge in [-0.05, 0) is 36.8 Å². The van der Waals surface area contributed by atoms with Crippen LogP contribution in [-0.4, -0.2) is 24.0 Å². The number of nitrogens with zero attached hydrogens (tertiary/aromatic N) is 1. The fourth-order valence-electron chi connectivity index (χ4n) is 2.59. The van der Waals surface area contributed by atoms with Crippen LogP contribution in [0.25, 0.3) is 0 Å². The summed E-state index contributed by atoms with van der Waals surface area (Å²) in [4.78, 5) is 30.2. The number of benzene rings is 2. The number of amides is 1. The minimum Gasteiger partial charge on any atom is -0.467 e. The normalized spacial score (nSPS) is 11.6. The topological polar surface area (TPSA) is 68.3 Å². The van der Waals surface area contributed by atoms with Crippen molar-refractivity contribution in [3.63, 3.8) is 0 Å². The maximum absolute atomic E-state index is 12.6. The van der Waals surface area contributed by atoms with Crippen molar-refractivity contribution >= 4 is 35.0 Å². The SMILES string of the molecule is COC(=O)C(NC(=O)c1ccc(SCc2csc(C)n2)cc1)c1ccccc1. The molecule has 0 radical (unpaired) electrons. The third-order valence-corrected chi connectivity index (χ3v) is 5.88. The Morgan fingerprint density at radius 3 is 2.46 bits per heavy atom. The Kier molecular flexibility index (Phi) is 6.84. The molecular formula is C21H20N2O3S2. The highest BCUT2D eigenvalue weighted by Crippen LogP contribution is 2.24. The molecule has 3 rings (SSSR count). The fraction of sp³-hybridized carbons (Fsp3) is 0.190. The number of methoxy groups -OCH3 is 1. The van der Waals surface area contributed by atoms with Gasteiger partial charge in [0.05, 0.1) is 17.8 Å². The third-order valence-electron chi connectivity index (χ3n) is 4.02. The van der Waals surface area contributed by atoms with Crippen molar-refractivity contribution in [2.75, 3.05) is 7.11 Å². The Labute approximate surface area is 172 Å². The summed E-state index contributed by atoms with van der Waals surface area (Å²) in [5.41, 5.74) is 2.21. The molecule has 1 heterocycles. The van der Waals surface area contributed by atoms with Crippen LogP contribution in [0.15, 0.2) is 64.9 Å². The number of hydrogen-bond acceptors (Lipinski definition) is 6. The number of nitrogens with one attached hydrogen (secondary N) is 1. The van der Waals surface area contributed by atoms with Gasteiger partial charge in [-0.3, -0.25) is 4.79 Å². The van der Waals surface area contributed by atoms with Crippen LogP contribution in [-0.2, 0) is 15.3 Å². The maximum Gasteiger partial charge on any atom is 0.333 e. The molecule has 5 nitrogen and oxygen atoms in total. The zero-order valence-corrected chi connectivity index (χ0v) is 17.2. The van der Waals surface area contributed by atoms with Gasteiger partial charge in [-0.1, -0.05) is 30.3 Å². The number of aryl methyl sites for hydroxylation is 1. The van der Waals surface area contributed by atoms with Gasteiger partial charge in [0.25, 0.3) is 5.91 Å². The Morgan fingerprint density at radius 1 is 1.14 bits per heavy atom. The van der Waals surface area contributed by atoms with Crippen molar-refractivity contribution in [1.82, 2.24) is 10.3 Å². The van der Waals surface area contributed by atoms with Gasteiger partial charge in [-0.25, -0.2) is 9.78 Å². The molecule has 0 aliphatic carbocycles. The summed E-state index contributed by atoms with van der Waals surface area (Å²) in [6.07, 6.45) is 0. The highest BCUT2D eigenvalue weighted by Gasteiger charge is 2.23. The molecule has 0 aliphatic heterocycles. The predicted octanol–water partition coefficient (Wildman–Crippen LogP) is 4.39. The van der Waals surface area contributed by atoms with Crippen LogP contribution in [0.5, 0.6) is 0 Å². The molecule has 0 saturated heterocycles. The van der Waals surface area contributed by atoms with E-state index in [-0.39, 0.29) is 5.91 Å². The summed E-state index contributed by atoms with van der Waals surface area (Å²) in [7, 11) is 1.31. The van der Waals surface area contributed by atoms with Crippen LogP contribution in [0.4, 0.5) is 0 Å². The number of thiazole rings is 1. The summed E-state index contributed by atoms with van der Waals surface area (Å²) in [6.45, 7) is 1.99. The van der Waals surface area contributed by atoms with E-state index in [0.717, 1.165) is 21.3 Å². The zero-order valence-electron chi connectivity index (χ0n) is 15.5. The number of carbonyl (C=O) groups excluding carboxylic acids is 2. The van der Waals surface area contributed by atoms with Gasteiger partial charge in [0, 0.05) is 21.6 Å². The molecule has 1 unspecified atom stereocenters. The first-order valence-corrected chi connectivity index (χ1v) is 10.5. The lowest BCUT2D eigenvalue weighted by molar-refractivity contribution is -0.143.